The van der Waals surface area contributed by atoms with Crippen molar-refractivity contribution in [3.05, 3.63) is 59.4 Å². The SMILES string of the molecule is CN(CCS(N)=O)C(=N)OC(=N)c1c(-c2ccc(F)cc2)[nH]c2c(F)cc(F)cc12. The van der Waals surface area contributed by atoms with Gasteiger partial charge in [-0.1, -0.05) is 0 Å². The Balaban J connectivity index is 2.03. The van der Waals surface area contributed by atoms with Gasteiger partial charge in [0, 0.05) is 25.0 Å². The third kappa shape index (κ3) is 4.52. The summed E-state index contributed by atoms with van der Waals surface area (Å²) in [7, 11) is -0.0819. The molecule has 30 heavy (non-hydrogen) atoms. The highest BCUT2D eigenvalue weighted by atomic mass is 32.2. The molecule has 5 N–H and O–H groups in total. The van der Waals surface area contributed by atoms with Crippen LogP contribution in [0.5, 0.6) is 0 Å². The Morgan fingerprint density at radius 2 is 1.83 bits per heavy atom. The molecule has 0 aliphatic carbocycles. The zero-order chi connectivity index (χ0) is 22.0. The van der Waals surface area contributed by atoms with Crippen molar-refractivity contribution in [2.24, 2.45) is 5.14 Å². The number of halogens is 3. The Kier molecular flexibility index (Phi) is 6.22. The van der Waals surface area contributed by atoms with Crippen LogP contribution in [0.1, 0.15) is 5.56 Å². The molecule has 0 saturated carbocycles. The molecule has 0 radical (unpaired) electrons. The number of amidine groups is 1. The van der Waals surface area contributed by atoms with Gasteiger partial charge in [0.15, 0.2) is 0 Å². The molecule has 1 heterocycles. The fourth-order valence-electron chi connectivity index (χ4n) is 2.84. The van der Waals surface area contributed by atoms with E-state index in [0.29, 0.717) is 11.6 Å². The number of H-pyrrole nitrogens is 1. The van der Waals surface area contributed by atoms with E-state index in [2.05, 4.69) is 4.98 Å². The normalized spacial score (nSPS) is 12.0. The molecule has 0 fully saturated rings. The Morgan fingerprint density at radius 3 is 2.47 bits per heavy atom. The lowest BCUT2D eigenvalue weighted by Gasteiger charge is -2.19. The van der Waals surface area contributed by atoms with Gasteiger partial charge >= 0.3 is 0 Å². The minimum atomic E-state index is -1.57. The van der Waals surface area contributed by atoms with Gasteiger partial charge in [-0.25, -0.2) is 17.4 Å². The van der Waals surface area contributed by atoms with Crippen LogP contribution in [0.4, 0.5) is 13.2 Å². The summed E-state index contributed by atoms with van der Waals surface area (Å²) in [5.41, 5.74) is 0.570. The van der Waals surface area contributed by atoms with Gasteiger partial charge < -0.3 is 14.6 Å². The molecule has 0 bridgehead atoms. The zero-order valence-corrected chi connectivity index (χ0v) is 16.6. The van der Waals surface area contributed by atoms with Gasteiger partial charge in [0.25, 0.3) is 6.02 Å². The predicted molar refractivity (Wildman–Crippen MR) is 109 cm³/mol. The average Bonchev–Trinajstić information content (AvgIpc) is 3.06. The fraction of sp³-hybridized carbons (Fsp3) is 0.158. The molecule has 158 valence electrons. The topological polar surface area (TPSA) is 119 Å². The average molecular weight is 437 g/mol. The molecule has 7 nitrogen and oxygen atoms in total. The summed E-state index contributed by atoms with van der Waals surface area (Å²) in [6.07, 6.45) is 0. The van der Waals surface area contributed by atoms with Gasteiger partial charge in [-0.2, -0.15) is 0 Å². The van der Waals surface area contributed by atoms with Gasteiger partial charge in [0.1, 0.15) is 17.5 Å². The van der Waals surface area contributed by atoms with Crippen molar-refractivity contribution in [3.63, 3.8) is 0 Å². The first-order valence-electron chi connectivity index (χ1n) is 8.63. The van der Waals surface area contributed by atoms with Crippen LogP contribution in [-0.4, -0.2) is 45.4 Å². The number of aromatic nitrogens is 1. The molecule has 1 aromatic heterocycles. The van der Waals surface area contributed by atoms with Crippen molar-refractivity contribution in [3.8, 4) is 11.3 Å². The number of nitrogens with one attached hydrogen (secondary N) is 3. The van der Waals surface area contributed by atoms with Crippen LogP contribution in [0.3, 0.4) is 0 Å². The summed E-state index contributed by atoms with van der Waals surface area (Å²) in [5.74, 6) is -2.67. The highest BCUT2D eigenvalue weighted by Gasteiger charge is 2.23. The van der Waals surface area contributed by atoms with Crippen molar-refractivity contribution >= 4 is 33.8 Å². The molecular weight excluding hydrogens is 419 g/mol. The van der Waals surface area contributed by atoms with Crippen LogP contribution in [0.2, 0.25) is 0 Å². The van der Waals surface area contributed by atoms with E-state index in [0.717, 1.165) is 6.07 Å². The number of ether oxygens (including phenoxy) is 1. The van der Waals surface area contributed by atoms with E-state index in [9.17, 15) is 17.4 Å². The number of rotatable bonds is 5. The Labute approximate surface area is 172 Å². The summed E-state index contributed by atoms with van der Waals surface area (Å²) in [6.45, 7) is 0.136. The first kappa shape index (κ1) is 21.5. The highest BCUT2D eigenvalue weighted by molar-refractivity contribution is 7.82. The van der Waals surface area contributed by atoms with E-state index in [-0.39, 0.29) is 34.5 Å². The summed E-state index contributed by atoms with van der Waals surface area (Å²) in [4.78, 5) is 4.08. The van der Waals surface area contributed by atoms with Gasteiger partial charge in [-0.05, 0) is 35.9 Å². The Morgan fingerprint density at radius 1 is 1.17 bits per heavy atom. The number of nitrogens with two attached hydrogens (primary N) is 1. The third-order valence-corrected chi connectivity index (χ3v) is 4.94. The van der Waals surface area contributed by atoms with Gasteiger partial charge in [0.05, 0.1) is 33.5 Å². The first-order chi connectivity index (χ1) is 14.2. The van der Waals surface area contributed by atoms with Gasteiger partial charge in [-0.15, -0.1) is 0 Å². The van der Waals surface area contributed by atoms with Gasteiger partial charge in [-0.3, -0.25) is 16.0 Å². The number of benzene rings is 2. The van der Waals surface area contributed by atoms with Crippen LogP contribution >= 0.6 is 0 Å². The molecule has 3 aromatic rings. The molecular formula is C19H18F3N5O2S. The number of aromatic amines is 1. The Bertz CT molecular complexity index is 1150. The smallest absolute Gasteiger partial charge is 0.291 e. The molecule has 0 amide bonds. The molecule has 1 unspecified atom stereocenters. The lowest BCUT2D eigenvalue weighted by molar-refractivity contribution is 0.388. The second-order valence-corrected chi connectivity index (χ2v) is 7.60. The predicted octanol–water partition coefficient (Wildman–Crippen LogP) is 3.08. The molecule has 1 atom stereocenters. The van der Waals surface area contributed by atoms with E-state index >= 15 is 0 Å². The van der Waals surface area contributed by atoms with Crippen molar-refractivity contribution in [1.82, 2.24) is 9.88 Å². The van der Waals surface area contributed by atoms with Crippen LogP contribution in [-0.2, 0) is 15.7 Å². The second-order valence-electron chi connectivity index (χ2n) is 6.43. The summed E-state index contributed by atoms with van der Waals surface area (Å²) in [5, 5.41) is 21.5. The molecule has 11 heteroatoms. The molecule has 3 rings (SSSR count). The number of nitrogens with zero attached hydrogens (tertiary/aromatic N) is 1. The summed E-state index contributed by atoms with van der Waals surface area (Å²) < 4.78 is 57.8. The van der Waals surface area contributed by atoms with E-state index < -0.39 is 40.4 Å². The quantitative estimate of drug-likeness (QED) is 0.363. The Hall–Kier alpha value is -3.18. The maximum atomic E-state index is 14.3. The highest BCUT2D eigenvalue weighted by Crippen LogP contribution is 2.33. The maximum absolute atomic E-state index is 14.3. The van der Waals surface area contributed by atoms with Crippen LogP contribution in [0.25, 0.3) is 22.2 Å². The van der Waals surface area contributed by atoms with E-state index in [1.807, 2.05) is 0 Å². The molecule has 0 aliphatic heterocycles. The lowest BCUT2D eigenvalue weighted by Crippen LogP contribution is -2.34. The first-order valence-corrected chi connectivity index (χ1v) is 10.0. The minimum Gasteiger partial charge on any atom is -0.407 e. The standard InChI is InChI=1S/C19H18F3N5O2S/c1-27(6-7-30(25)28)19(24)29-18(23)15-13-8-12(21)9-14(22)17(13)26-16(15)10-2-4-11(20)5-3-10/h2-5,8-9,23-24,26H,6-7,25H2,1H3. The maximum Gasteiger partial charge on any atom is 0.291 e. The second kappa shape index (κ2) is 8.67. The van der Waals surface area contributed by atoms with E-state index in [1.54, 1.807) is 0 Å². The minimum absolute atomic E-state index is 0.00978. The molecule has 0 spiro atoms. The van der Waals surface area contributed by atoms with Crippen molar-refractivity contribution in [2.45, 2.75) is 0 Å². The van der Waals surface area contributed by atoms with Crippen LogP contribution in [0.15, 0.2) is 36.4 Å². The van der Waals surface area contributed by atoms with Crippen molar-refractivity contribution in [2.75, 3.05) is 19.3 Å². The summed E-state index contributed by atoms with van der Waals surface area (Å²) in [6, 6.07) is 6.51. The molecule has 2 aromatic carbocycles. The van der Waals surface area contributed by atoms with Gasteiger partial charge in [0.2, 0.25) is 5.90 Å². The molecule has 0 aliphatic rings. The van der Waals surface area contributed by atoms with E-state index in [1.165, 1.54) is 36.2 Å². The fourth-order valence-corrected chi connectivity index (χ4v) is 3.30. The molecule has 0 saturated heterocycles. The van der Waals surface area contributed by atoms with Crippen LogP contribution < -0.4 is 5.14 Å². The van der Waals surface area contributed by atoms with Crippen LogP contribution in [0, 0.1) is 28.3 Å². The van der Waals surface area contributed by atoms with Crippen molar-refractivity contribution in [1.29, 1.82) is 10.8 Å². The number of fused-ring (bicyclic) bond motifs is 1. The number of hydrogen-bond acceptors (Lipinski definition) is 4. The van der Waals surface area contributed by atoms with Crippen molar-refractivity contribution < 1.29 is 22.1 Å². The van der Waals surface area contributed by atoms with E-state index in [4.69, 9.17) is 20.7 Å². The third-order valence-electron chi connectivity index (χ3n) is 4.36. The number of hydrogen-bond donors (Lipinski definition) is 4. The monoisotopic (exact) mass is 437 g/mol. The largest absolute Gasteiger partial charge is 0.407 e. The zero-order valence-electron chi connectivity index (χ0n) is 15.8. The lowest BCUT2D eigenvalue weighted by atomic mass is 10.0. The summed E-state index contributed by atoms with van der Waals surface area (Å²) >= 11 is 0.